The van der Waals surface area contributed by atoms with E-state index in [0.29, 0.717) is 6.54 Å². The number of rotatable bonds is 3. The Morgan fingerprint density at radius 2 is 2.21 bits per heavy atom. The quantitative estimate of drug-likeness (QED) is 0.921. The zero-order valence-electron chi connectivity index (χ0n) is 10.4. The minimum atomic E-state index is -0.427. The average Bonchev–Trinajstić information content (AvgIpc) is 2.46. The molecule has 1 atom stereocenters. The Morgan fingerprint density at radius 1 is 1.47 bits per heavy atom. The molecule has 1 heterocycles. The molecule has 4 nitrogen and oxygen atoms in total. The molecule has 6 heteroatoms. The van der Waals surface area contributed by atoms with Crippen LogP contribution in [0.15, 0.2) is 24.3 Å². The summed E-state index contributed by atoms with van der Waals surface area (Å²) in [4.78, 5) is 13.5. The van der Waals surface area contributed by atoms with E-state index in [-0.39, 0.29) is 25.1 Å². The molecular weight excluding hydrogens is 269 g/mol. The van der Waals surface area contributed by atoms with Gasteiger partial charge in [0.15, 0.2) is 0 Å². The van der Waals surface area contributed by atoms with E-state index in [0.717, 1.165) is 17.1 Å². The molecule has 0 bridgehead atoms. The predicted molar refractivity (Wildman–Crippen MR) is 71.5 cm³/mol. The van der Waals surface area contributed by atoms with E-state index >= 15 is 0 Å². The van der Waals surface area contributed by atoms with Gasteiger partial charge in [0.1, 0.15) is 12.4 Å². The molecule has 1 N–H and O–H groups in total. The highest BCUT2D eigenvalue weighted by Crippen LogP contribution is 2.17. The van der Waals surface area contributed by atoms with Crippen molar-refractivity contribution >= 4 is 17.9 Å². The zero-order chi connectivity index (χ0) is 13.7. The highest BCUT2D eigenvalue weighted by Gasteiger charge is 2.27. The Labute approximate surface area is 115 Å². The van der Waals surface area contributed by atoms with Crippen LogP contribution in [-0.2, 0) is 11.3 Å². The number of carbonyl (C=O) groups excluding carboxylic acids is 1. The smallest absolute Gasteiger partial charge is 0.410 e. The van der Waals surface area contributed by atoms with Crippen molar-refractivity contribution in [1.82, 2.24) is 4.90 Å². The van der Waals surface area contributed by atoms with Crippen molar-refractivity contribution in [1.29, 1.82) is 0 Å². The zero-order valence-corrected chi connectivity index (χ0v) is 11.2. The predicted octanol–water partition coefficient (Wildman–Crippen LogP) is 1.87. The summed E-state index contributed by atoms with van der Waals surface area (Å²) in [6.07, 6.45) is -0.427. The van der Waals surface area contributed by atoms with Crippen LogP contribution in [0.3, 0.4) is 0 Å². The van der Waals surface area contributed by atoms with Gasteiger partial charge in [-0.1, -0.05) is 12.1 Å². The molecule has 2 rings (SSSR count). The molecule has 0 radical (unpaired) electrons. The van der Waals surface area contributed by atoms with Crippen LogP contribution in [0.2, 0.25) is 0 Å². The van der Waals surface area contributed by atoms with Crippen LogP contribution in [0.4, 0.5) is 9.18 Å². The standard InChI is InChI=1S/C13H16FNO3S/c14-11-3-1-10(2-4-11)8-18-13(17)15-5-6-19-9-12(15)7-16/h1-4,12,16H,5-9H2. The van der Waals surface area contributed by atoms with Crippen LogP contribution in [-0.4, -0.2) is 46.8 Å². The first kappa shape index (κ1) is 14.1. The summed E-state index contributed by atoms with van der Waals surface area (Å²) in [7, 11) is 0. The highest BCUT2D eigenvalue weighted by atomic mass is 32.2. The van der Waals surface area contributed by atoms with E-state index in [9.17, 15) is 14.3 Å². The maximum atomic E-state index is 12.7. The minimum absolute atomic E-state index is 0.0569. The third-order valence-corrected chi connectivity index (χ3v) is 4.04. The third kappa shape index (κ3) is 3.84. The van der Waals surface area contributed by atoms with E-state index < -0.39 is 6.09 Å². The van der Waals surface area contributed by atoms with Crippen LogP contribution in [0.1, 0.15) is 5.56 Å². The summed E-state index contributed by atoms with van der Waals surface area (Å²) in [6.45, 7) is 0.637. The van der Waals surface area contributed by atoms with Crippen LogP contribution >= 0.6 is 11.8 Å². The normalized spacial score (nSPS) is 19.3. The Morgan fingerprint density at radius 3 is 2.89 bits per heavy atom. The second kappa shape index (κ2) is 6.77. The number of hydrogen-bond acceptors (Lipinski definition) is 4. The number of benzene rings is 1. The molecule has 104 valence electrons. The maximum absolute atomic E-state index is 12.7. The summed E-state index contributed by atoms with van der Waals surface area (Å²) in [5.74, 6) is 1.26. The summed E-state index contributed by atoms with van der Waals surface area (Å²) >= 11 is 1.71. The first-order valence-corrected chi connectivity index (χ1v) is 7.22. The lowest BCUT2D eigenvalue weighted by atomic mass is 10.2. The number of halogens is 1. The van der Waals surface area contributed by atoms with Gasteiger partial charge in [0, 0.05) is 18.1 Å². The molecule has 0 saturated carbocycles. The largest absolute Gasteiger partial charge is 0.445 e. The lowest BCUT2D eigenvalue weighted by Crippen LogP contribution is -2.48. The first-order valence-electron chi connectivity index (χ1n) is 6.07. The molecule has 1 aliphatic heterocycles. The fourth-order valence-corrected chi connectivity index (χ4v) is 2.90. The van der Waals surface area contributed by atoms with E-state index in [2.05, 4.69) is 0 Å². The van der Waals surface area contributed by atoms with Gasteiger partial charge in [0.05, 0.1) is 12.6 Å². The molecule has 0 spiro atoms. The van der Waals surface area contributed by atoms with Crippen molar-refractivity contribution in [3.05, 3.63) is 35.6 Å². The molecule has 1 saturated heterocycles. The fourth-order valence-electron chi connectivity index (χ4n) is 1.86. The topological polar surface area (TPSA) is 49.8 Å². The molecule has 1 amide bonds. The Balaban J connectivity index is 1.87. The van der Waals surface area contributed by atoms with Gasteiger partial charge in [-0.2, -0.15) is 11.8 Å². The van der Waals surface area contributed by atoms with Crippen LogP contribution < -0.4 is 0 Å². The van der Waals surface area contributed by atoms with Crippen LogP contribution in [0.5, 0.6) is 0 Å². The number of thioether (sulfide) groups is 1. The number of aliphatic hydroxyl groups is 1. The van der Waals surface area contributed by atoms with E-state index in [1.165, 1.54) is 12.1 Å². The monoisotopic (exact) mass is 285 g/mol. The number of carbonyl (C=O) groups is 1. The second-order valence-corrected chi connectivity index (χ2v) is 5.44. The second-order valence-electron chi connectivity index (χ2n) is 4.29. The Bertz CT molecular complexity index is 426. The number of ether oxygens (including phenoxy) is 1. The van der Waals surface area contributed by atoms with E-state index in [1.807, 2.05) is 0 Å². The van der Waals surface area contributed by atoms with Gasteiger partial charge in [-0.05, 0) is 17.7 Å². The highest BCUT2D eigenvalue weighted by molar-refractivity contribution is 7.99. The number of aliphatic hydroxyl groups excluding tert-OH is 1. The lowest BCUT2D eigenvalue weighted by Gasteiger charge is -2.33. The van der Waals surface area contributed by atoms with Crippen molar-refractivity contribution in [2.75, 3.05) is 24.7 Å². The molecule has 1 unspecified atom stereocenters. The summed E-state index contributed by atoms with van der Waals surface area (Å²) in [5, 5.41) is 9.22. The third-order valence-electron chi connectivity index (χ3n) is 2.95. The Hall–Kier alpha value is -1.27. The van der Waals surface area contributed by atoms with Gasteiger partial charge >= 0.3 is 6.09 Å². The summed E-state index contributed by atoms with van der Waals surface area (Å²) in [6, 6.07) is 5.64. The Kier molecular flexibility index (Phi) is 5.04. The van der Waals surface area contributed by atoms with Crippen molar-refractivity contribution in [2.24, 2.45) is 0 Å². The number of nitrogens with zero attached hydrogens (tertiary/aromatic N) is 1. The molecule has 1 aromatic carbocycles. The van der Waals surface area contributed by atoms with Crippen molar-refractivity contribution in [3.63, 3.8) is 0 Å². The average molecular weight is 285 g/mol. The summed E-state index contributed by atoms with van der Waals surface area (Å²) < 4.78 is 17.9. The lowest BCUT2D eigenvalue weighted by molar-refractivity contribution is 0.0711. The SMILES string of the molecule is O=C(OCc1ccc(F)cc1)N1CCSCC1CO. The van der Waals surface area contributed by atoms with Gasteiger partial charge in [-0.25, -0.2) is 9.18 Å². The van der Waals surface area contributed by atoms with E-state index in [1.54, 1.807) is 28.8 Å². The molecular formula is C13H16FNO3S. The van der Waals surface area contributed by atoms with Crippen molar-refractivity contribution < 1.29 is 19.0 Å². The van der Waals surface area contributed by atoms with Crippen LogP contribution in [0.25, 0.3) is 0 Å². The first-order chi connectivity index (χ1) is 9.20. The molecule has 19 heavy (non-hydrogen) atoms. The van der Waals surface area contributed by atoms with Gasteiger partial charge in [0.25, 0.3) is 0 Å². The molecule has 1 aliphatic rings. The van der Waals surface area contributed by atoms with Crippen LogP contribution in [0, 0.1) is 5.82 Å². The number of hydrogen-bond donors (Lipinski definition) is 1. The summed E-state index contributed by atoms with van der Waals surface area (Å²) in [5.41, 5.74) is 0.738. The van der Waals surface area contributed by atoms with Gasteiger partial charge in [0.2, 0.25) is 0 Å². The fraction of sp³-hybridized carbons (Fsp3) is 0.462. The van der Waals surface area contributed by atoms with E-state index in [4.69, 9.17) is 4.74 Å². The molecule has 0 aromatic heterocycles. The van der Waals surface area contributed by atoms with Gasteiger partial charge < -0.3 is 14.7 Å². The van der Waals surface area contributed by atoms with Gasteiger partial charge in [-0.3, -0.25) is 0 Å². The number of amides is 1. The molecule has 1 fully saturated rings. The van der Waals surface area contributed by atoms with Gasteiger partial charge in [-0.15, -0.1) is 0 Å². The molecule has 1 aromatic rings. The van der Waals surface area contributed by atoms with Crippen molar-refractivity contribution in [2.45, 2.75) is 12.6 Å². The minimum Gasteiger partial charge on any atom is -0.445 e. The molecule has 0 aliphatic carbocycles. The maximum Gasteiger partial charge on any atom is 0.410 e. The van der Waals surface area contributed by atoms with Crippen molar-refractivity contribution in [3.8, 4) is 0 Å².